The van der Waals surface area contributed by atoms with Gasteiger partial charge in [-0.3, -0.25) is 0 Å². The molecule has 2 N–H and O–H groups in total. The van der Waals surface area contributed by atoms with Crippen molar-refractivity contribution in [2.24, 2.45) is 5.73 Å². The average Bonchev–Trinajstić information content (AvgIpc) is 2.49. The third kappa shape index (κ3) is 2.47. The molecule has 0 aromatic heterocycles. The SMILES string of the molecule is NC(c1ccc(Br)c(F)c1)c1ccc2ccccc2c1. The number of nitrogens with two attached hydrogens (primary N) is 1. The van der Waals surface area contributed by atoms with Gasteiger partial charge in [0.25, 0.3) is 0 Å². The van der Waals surface area contributed by atoms with Gasteiger partial charge >= 0.3 is 0 Å². The fourth-order valence-corrected chi connectivity index (χ4v) is 2.55. The first-order chi connectivity index (χ1) is 9.65. The largest absolute Gasteiger partial charge is 0.320 e. The van der Waals surface area contributed by atoms with Crippen LogP contribution >= 0.6 is 15.9 Å². The highest BCUT2D eigenvalue weighted by Crippen LogP contribution is 2.26. The van der Waals surface area contributed by atoms with E-state index in [2.05, 4.69) is 28.1 Å². The molecule has 0 bridgehead atoms. The number of hydrogen-bond acceptors (Lipinski definition) is 1. The van der Waals surface area contributed by atoms with E-state index in [1.165, 1.54) is 11.5 Å². The lowest BCUT2D eigenvalue weighted by molar-refractivity contribution is 0.617. The summed E-state index contributed by atoms with van der Waals surface area (Å²) in [7, 11) is 0. The molecule has 0 saturated carbocycles. The Morgan fingerprint density at radius 2 is 1.50 bits per heavy atom. The monoisotopic (exact) mass is 329 g/mol. The van der Waals surface area contributed by atoms with Crippen LogP contribution in [0, 0.1) is 5.82 Å². The van der Waals surface area contributed by atoms with E-state index in [1.807, 2.05) is 36.4 Å². The van der Waals surface area contributed by atoms with E-state index >= 15 is 0 Å². The molecule has 3 aromatic carbocycles. The second-order valence-electron chi connectivity index (χ2n) is 4.76. The lowest BCUT2D eigenvalue weighted by Gasteiger charge is -2.14. The quantitative estimate of drug-likeness (QED) is 0.718. The van der Waals surface area contributed by atoms with Gasteiger partial charge < -0.3 is 5.73 Å². The zero-order valence-electron chi connectivity index (χ0n) is 10.7. The van der Waals surface area contributed by atoms with Crippen LogP contribution in [0.15, 0.2) is 65.1 Å². The van der Waals surface area contributed by atoms with Crippen molar-refractivity contribution < 1.29 is 4.39 Å². The Balaban J connectivity index is 2.02. The average molecular weight is 330 g/mol. The highest BCUT2D eigenvalue weighted by Gasteiger charge is 2.11. The van der Waals surface area contributed by atoms with Gasteiger partial charge in [-0.25, -0.2) is 4.39 Å². The maximum atomic E-state index is 13.6. The Hall–Kier alpha value is -1.71. The highest BCUT2D eigenvalue weighted by molar-refractivity contribution is 9.10. The highest BCUT2D eigenvalue weighted by atomic mass is 79.9. The number of rotatable bonds is 2. The van der Waals surface area contributed by atoms with Crippen LogP contribution in [0.4, 0.5) is 4.39 Å². The van der Waals surface area contributed by atoms with Gasteiger partial charge in [-0.05, 0) is 56.0 Å². The van der Waals surface area contributed by atoms with Gasteiger partial charge in [0.15, 0.2) is 0 Å². The van der Waals surface area contributed by atoms with Crippen molar-refractivity contribution in [3.8, 4) is 0 Å². The van der Waals surface area contributed by atoms with Gasteiger partial charge in [-0.15, -0.1) is 0 Å². The standard InChI is InChI=1S/C17H13BrFN/c18-15-8-7-14(10-16(15)19)17(20)13-6-5-11-3-1-2-4-12(11)9-13/h1-10,17H,20H2. The van der Waals surface area contributed by atoms with E-state index in [-0.39, 0.29) is 11.9 Å². The molecule has 1 unspecified atom stereocenters. The van der Waals surface area contributed by atoms with E-state index < -0.39 is 0 Å². The van der Waals surface area contributed by atoms with Crippen LogP contribution in [0.1, 0.15) is 17.2 Å². The summed E-state index contributed by atoms with van der Waals surface area (Å²) in [5, 5.41) is 2.31. The van der Waals surface area contributed by atoms with Crippen LogP contribution < -0.4 is 5.73 Å². The number of benzene rings is 3. The maximum Gasteiger partial charge on any atom is 0.137 e. The molecule has 0 aliphatic rings. The fraction of sp³-hybridized carbons (Fsp3) is 0.0588. The molecule has 0 saturated heterocycles. The molecular formula is C17H13BrFN. The minimum absolute atomic E-state index is 0.293. The summed E-state index contributed by atoms with van der Waals surface area (Å²) >= 11 is 3.15. The summed E-state index contributed by atoms with van der Waals surface area (Å²) in [5.74, 6) is -0.293. The van der Waals surface area contributed by atoms with Crippen molar-refractivity contribution in [3.05, 3.63) is 82.1 Å². The minimum atomic E-state index is -0.331. The van der Waals surface area contributed by atoms with Crippen LogP contribution in [-0.4, -0.2) is 0 Å². The molecule has 3 heteroatoms. The molecule has 3 aromatic rings. The second-order valence-corrected chi connectivity index (χ2v) is 5.61. The van der Waals surface area contributed by atoms with Crippen molar-refractivity contribution in [1.82, 2.24) is 0 Å². The Kier molecular flexibility index (Phi) is 3.55. The van der Waals surface area contributed by atoms with E-state index in [0.717, 1.165) is 16.5 Å². The minimum Gasteiger partial charge on any atom is -0.320 e. The van der Waals surface area contributed by atoms with Gasteiger partial charge in [0.05, 0.1) is 10.5 Å². The van der Waals surface area contributed by atoms with Crippen LogP contribution in [0.5, 0.6) is 0 Å². The molecule has 1 atom stereocenters. The van der Waals surface area contributed by atoms with Crippen molar-refractivity contribution >= 4 is 26.7 Å². The molecule has 0 radical (unpaired) electrons. The molecule has 3 rings (SSSR count). The van der Waals surface area contributed by atoms with E-state index in [0.29, 0.717) is 4.47 Å². The first-order valence-corrected chi connectivity index (χ1v) is 7.14. The molecule has 0 aliphatic heterocycles. The lowest BCUT2D eigenvalue weighted by Crippen LogP contribution is -2.12. The maximum absolute atomic E-state index is 13.6. The summed E-state index contributed by atoms with van der Waals surface area (Å²) in [6, 6.07) is 18.9. The molecule has 0 amide bonds. The van der Waals surface area contributed by atoms with E-state index in [4.69, 9.17) is 5.73 Å². The second kappa shape index (κ2) is 5.35. The smallest absolute Gasteiger partial charge is 0.137 e. The molecule has 1 nitrogen and oxygen atoms in total. The van der Waals surface area contributed by atoms with Gasteiger partial charge in [0, 0.05) is 0 Å². The summed E-state index contributed by atoms with van der Waals surface area (Å²) < 4.78 is 14.1. The summed E-state index contributed by atoms with van der Waals surface area (Å²) in [6.45, 7) is 0. The lowest BCUT2D eigenvalue weighted by atomic mass is 9.97. The molecule has 100 valence electrons. The van der Waals surface area contributed by atoms with Crippen LogP contribution in [0.25, 0.3) is 10.8 Å². The molecule has 0 heterocycles. The first kappa shape index (κ1) is 13.3. The van der Waals surface area contributed by atoms with Gasteiger partial charge in [-0.1, -0.05) is 42.5 Å². The Morgan fingerprint density at radius 3 is 2.25 bits per heavy atom. The predicted molar refractivity (Wildman–Crippen MR) is 84.1 cm³/mol. The fourth-order valence-electron chi connectivity index (χ4n) is 2.30. The van der Waals surface area contributed by atoms with Crippen molar-refractivity contribution in [2.45, 2.75) is 6.04 Å². The normalized spacial score (nSPS) is 12.6. The number of fused-ring (bicyclic) bond motifs is 1. The zero-order valence-corrected chi connectivity index (χ0v) is 12.3. The molecular weight excluding hydrogens is 317 g/mol. The van der Waals surface area contributed by atoms with E-state index in [9.17, 15) is 4.39 Å². The van der Waals surface area contributed by atoms with Crippen molar-refractivity contribution in [3.63, 3.8) is 0 Å². The van der Waals surface area contributed by atoms with Gasteiger partial charge in [0.2, 0.25) is 0 Å². The summed E-state index contributed by atoms with van der Waals surface area (Å²) in [4.78, 5) is 0. The van der Waals surface area contributed by atoms with Gasteiger partial charge in [0.1, 0.15) is 5.82 Å². The number of hydrogen-bond donors (Lipinski definition) is 1. The van der Waals surface area contributed by atoms with Crippen molar-refractivity contribution in [1.29, 1.82) is 0 Å². The Bertz CT molecular complexity index is 770. The summed E-state index contributed by atoms with van der Waals surface area (Å²) in [5.41, 5.74) is 7.99. The van der Waals surface area contributed by atoms with Crippen LogP contribution in [0.2, 0.25) is 0 Å². The molecule has 0 fully saturated rings. The summed E-state index contributed by atoms with van der Waals surface area (Å²) in [6.07, 6.45) is 0. The molecule has 0 aliphatic carbocycles. The third-order valence-electron chi connectivity index (χ3n) is 3.44. The molecule has 20 heavy (non-hydrogen) atoms. The zero-order chi connectivity index (χ0) is 14.1. The topological polar surface area (TPSA) is 26.0 Å². The Labute approximate surface area is 125 Å². The van der Waals surface area contributed by atoms with Crippen LogP contribution in [-0.2, 0) is 0 Å². The Morgan fingerprint density at radius 1 is 0.850 bits per heavy atom. The van der Waals surface area contributed by atoms with Crippen molar-refractivity contribution in [2.75, 3.05) is 0 Å². The first-order valence-electron chi connectivity index (χ1n) is 6.34. The van der Waals surface area contributed by atoms with Gasteiger partial charge in [-0.2, -0.15) is 0 Å². The third-order valence-corrected chi connectivity index (χ3v) is 4.08. The molecule has 0 spiro atoms. The number of halogens is 2. The van der Waals surface area contributed by atoms with Crippen LogP contribution in [0.3, 0.4) is 0 Å². The predicted octanol–water partition coefficient (Wildman–Crippen LogP) is 4.79. The van der Waals surface area contributed by atoms with E-state index in [1.54, 1.807) is 6.07 Å².